The van der Waals surface area contributed by atoms with Crippen molar-refractivity contribution >= 4 is 33.1 Å². The van der Waals surface area contributed by atoms with Crippen molar-refractivity contribution in [2.75, 3.05) is 0 Å². The van der Waals surface area contributed by atoms with E-state index in [-0.39, 0.29) is 5.13 Å². The summed E-state index contributed by atoms with van der Waals surface area (Å²) in [6.45, 7) is 0. The molecule has 0 saturated carbocycles. The summed E-state index contributed by atoms with van der Waals surface area (Å²) in [6, 6.07) is 17.3. The zero-order valence-corrected chi connectivity index (χ0v) is 16.4. The second-order valence-electron chi connectivity index (χ2n) is 6.98. The highest BCUT2D eigenvalue weighted by Crippen LogP contribution is 2.36. The Balaban J connectivity index is 1.52. The minimum absolute atomic E-state index is 0.188. The van der Waals surface area contributed by atoms with Gasteiger partial charge in [-0.05, 0) is 42.5 Å². The number of H-pyrrole nitrogens is 2. The number of aromatic amines is 2. The topological polar surface area (TPSA) is 70.2 Å². The van der Waals surface area contributed by atoms with Gasteiger partial charge in [0.25, 0.3) is 0 Å². The highest BCUT2D eigenvalue weighted by Gasteiger charge is 2.15. The zero-order chi connectivity index (χ0) is 20.1. The number of fused-ring (bicyclic) bond motifs is 2. The van der Waals surface area contributed by atoms with Crippen LogP contribution < -0.4 is 0 Å². The summed E-state index contributed by atoms with van der Waals surface area (Å²) < 4.78 is 13.6. The number of rotatable bonds is 3. The molecule has 0 aliphatic carbocycles. The van der Waals surface area contributed by atoms with Crippen LogP contribution in [0.5, 0.6) is 0 Å². The van der Waals surface area contributed by atoms with E-state index >= 15 is 0 Å². The number of nitrogens with zero attached hydrogens (tertiary/aromatic N) is 3. The van der Waals surface area contributed by atoms with Crippen LogP contribution >= 0.6 is 11.3 Å². The summed E-state index contributed by atoms with van der Waals surface area (Å²) in [5.41, 5.74) is 6.34. The molecule has 2 N–H and O–H groups in total. The van der Waals surface area contributed by atoms with E-state index < -0.39 is 0 Å². The third kappa shape index (κ3) is 2.71. The molecular formula is C23H14FN5S. The maximum Gasteiger partial charge on any atom is 0.176 e. The van der Waals surface area contributed by atoms with Gasteiger partial charge in [-0.3, -0.25) is 15.1 Å². The quantitative estimate of drug-likeness (QED) is 0.373. The molecule has 30 heavy (non-hydrogen) atoms. The first-order chi connectivity index (χ1) is 14.8. The van der Waals surface area contributed by atoms with Gasteiger partial charge < -0.3 is 4.98 Å². The van der Waals surface area contributed by atoms with Crippen LogP contribution in [-0.4, -0.2) is 25.1 Å². The Bertz CT molecular complexity index is 1510. The summed E-state index contributed by atoms with van der Waals surface area (Å²) in [4.78, 5) is 13.1. The van der Waals surface area contributed by atoms with Gasteiger partial charge in [-0.1, -0.05) is 12.1 Å². The average molecular weight is 411 g/mol. The molecular weight excluding hydrogens is 397 g/mol. The van der Waals surface area contributed by atoms with Crippen molar-refractivity contribution in [1.82, 2.24) is 25.1 Å². The molecule has 0 atom stereocenters. The fourth-order valence-corrected chi connectivity index (χ4v) is 4.52. The number of nitrogens with one attached hydrogen (secondary N) is 2. The predicted octanol–water partition coefficient (Wildman–Crippen LogP) is 6.04. The molecule has 0 unspecified atom stereocenters. The van der Waals surface area contributed by atoms with Crippen LogP contribution in [0, 0.1) is 5.13 Å². The van der Waals surface area contributed by atoms with Gasteiger partial charge in [0.05, 0.1) is 23.1 Å². The normalized spacial score (nSPS) is 11.5. The SMILES string of the molecule is Fc1ccc(-c2cccc3[nH]c(-c4n[nH]c5cnc(-c6cccnc6)cc45)cc23)s1. The smallest absolute Gasteiger partial charge is 0.176 e. The van der Waals surface area contributed by atoms with Crippen LogP contribution in [0.15, 0.2) is 73.2 Å². The molecule has 5 aromatic heterocycles. The van der Waals surface area contributed by atoms with Crippen LogP contribution in [0.25, 0.3) is 54.9 Å². The molecule has 0 aliphatic heterocycles. The summed E-state index contributed by atoms with van der Waals surface area (Å²) in [7, 11) is 0. The number of benzene rings is 1. The van der Waals surface area contributed by atoms with Gasteiger partial charge in [-0.2, -0.15) is 9.49 Å². The second kappa shape index (κ2) is 6.60. The van der Waals surface area contributed by atoms with Crippen molar-refractivity contribution < 1.29 is 4.39 Å². The van der Waals surface area contributed by atoms with Gasteiger partial charge in [0.1, 0.15) is 5.69 Å². The van der Waals surface area contributed by atoms with Crippen LogP contribution in [-0.2, 0) is 0 Å². The third-order valence-electron chi connectivity index (χ3n) is 5.16. The maximum absolute atomic E-state index is 13.6. The Hall–Kier alpha value is -3.84. The number of thiophene rings is 1. The highest BCUT2D eigenvalue weighted by atomic mass is 32.1. The van der Waals surface area contributed by atoms with Gasteiger partial charge in [-0.15, -0.1) is 11.3 Å². The lowest BCUT2D eigenvalue weighted by Gasteiger charge is -2.00. The fourth-order valence-electron chi connectivity index (χ4n) is 3.75. The second-order valence-corrected chi connectivity index (χ2v) is 8.02. The zero-order valence-electron chi connectivity index (χ0n) is 15.6. The molecule has 6 rings (SSSR count). The van der Waals surface area contributed by atoms with E-state index in [1.165, 1.54) is 6.07 Å². The summed E-state index contributed by atoms with van der Waals surface area (Å²) in [5, 5.41) is 9.41. The number of hydrogen-bond donors (Lipinski definition) is 2. The van der Waals surface area contributed by atoms with E-state index in [1.54, 1.807) is 18.6 Å². The first-order valence-electron chi connectivity index (χ1n) is 9.38. The van der Waals surface area contributed by atoms with Crippen LogP contribution in [0.3, 0.4) is 0 Å². The lowest BCUT2D eigenvalue weighted by Crippen LogP contribution is -1.85. The molecule has 0 radical (unpaired) electrons. The largest absolute Gasteiger partial charge is 0.353 e. The third-order valence-corrected chi connectivity index (χ3v) is 6.07. The van der Waals surface area contributed by atoms with Gasteiger partial charge in [0.15, 0.2) is 5.13 Å². The van der Waals surface area contributed by atoms with Gasteiger partial charge >= 0.3 is 0 Å². The van der Waals surface area contributed by atoms with Crippen molar-refractivity contribution in [3.05, 3.63) is 78.3 Å². The Morgan fingerprint density at radius 3 is 2.70 bits per heavy atom. The Kier molecular flexibility index (Phi) is 3.75. The highest BCUT2D eigenvalue weighted by molar-refractivity contribution is 7.14. The fraction of sp³-hybridized carbons (Fsp3) is 0. The molecule has 0 bridgehead atoms. The van der Waals surface area contributed by atoms with Gasteiger partial charge in [0, 0.05) is 44.7 Å². The molecule has 6 aromatic rings. The standard InChI is InChI=1S/C23H14FN5S/c24-22-7-6-21(30-22)14-4-1-5-17-15(14)9-19(27-17)23-16-10-18(13-3-2-8-25-11-13)26-12-20(16)28-29-23/h1-12,27H,(H,28,29). The lowest BCUT2D eigenvalue weighted by molar-refractivity contribution is 0.657. The minimum atomic E-state index is -0.188. The van der Waals surface area contributed by atoms with Gasteiger partial charge in [0.2, 0.25) is 0 Å². The van der Waals surface area contributed by atoms with E-state index in [9.17, 15) is 4.39 Å². The maximum atomic E-state index is 13.6. The van der Waals surface area contributed by atoms with E-state index in [1.807, 2.05) is 42.5 Å². The van der Waals surface area contributed by atoms with Crippen LogP contribution in [0.1, 0.15) is 0 Å². The summed E-state index contributed by atoms with van der Waals surface area (Å²) in [6.07, 6.45) is 5.33. The van der Waals surface area contributed by atoms with E-state index in [0.29, 0.717) is 0 Å². The van der Waals surface area contributed by atoms with Crippen molar-refractivity contribution in [3.8, 4) is 33.1 Å². The van der Waals surface area contributed by atoms with Crippen molar-refractivity contribution in [3.63, 3.8) is 0 Å². The molecule has 5 heterocycles. The molecule has 0 amide bonds. The minimum Gasteiger partial charge on any atom is -0.353 e. The monoisotopic (exact) mass is 411 g/mol. The number of aromatic nitrogens is 5. The Morgan fingerprint density at radius 2 is 1.87 bits per heavy atom. The van der Waals surface area contributed by atoms with E-state index in [4.69, 9.17) is 0 Å². The first-order valence-corrected chi connectivity index (χ1v) is 10.2. The molecule has 0 aliphatic rings. The summed E-state index contributed by atoms with van der Waals surface area (Å²) >= 11 is 1.15. The van der Waals surface area contributed by atoms with Crippen molar-refractivity contribution in [1.29, 1.82) is 0 Å². The average Bonchev–Trinajstić information content (AvgIpc) is 3.51. The molecule has 144 valence electrons. The number of halogens is 1. The predicted molar refractivity (Wildman–Crippen MR) is 118 cm³/mol. The molecule has 7 heteroatoms. The van der Waals surface area contributed by atoms with Gasteiger partial charge in [-0.25, -0.2) is 0 Å². The summed E-state index contributed by atoms with van der Waals surface area (Å²) in [5.74, 6) is 0. The lowest BCUT2D eigenvalue weighted by atomic mass is 10.1. The van der Waals surface area contributed by atoms with Crippen molar-refractivity contribution in [2.45, 2.75) is 0 Å². The number of hydrogen-bond acceptors (Lipinski definition) is 4. The van der Waals surface area contributed by atoms with E-state index in [2.05, 4.69) is 31.2 Å². The van der Waals surface area contributed by atoms with E-state index in [0.717, 1.165) is 66.2 Å². The molecule has 0 spiro atoms. The Morgan fingerprint density at radius 1 is 0.900 bits per heavy atom. The van der Waals surface area contributed by atoms with Crippen molar-refractivity contribution in [2.24, 2.45) is 0 Å². The van der Waals surface area contributed by atoms with Crippen LogP contribution in [0.4, 0.5) is 4.39 Å². The number of pyridine rings is 2. The molecule has 1 aromatic carbocycles. The Labute approximate surface area is 174 Å². The van der Waals surface area contributed by atoms with Crippen LogP contribution in [0.2, 0.25) is 0 Å². The molecule has 5 nitrogen and oxygen atoms in total. The molecule has 0 fully saturated rings. The first kappa shape index (κ1) is 17.1. The molecule has 0 saturated heterocycles.